The van der Waals surface area contributed by atoms with E-state index in [9.17, 15) is 4.79 Å². The molecule has 0 spiro atoms. The number of halogens is 1. The van der Waals surface area contributed by atoms with Crippen LogP contribution in [0.3, 0.4) is 0 Å². The quantitative estimate of drug-likeness (QED) is 0.792. The van der Waals surface area contributed by atoms with E-state index in [2.05, 4.69) is 10.4 Å². The van der Waals surface area contributed by atoms with Gasteiger partial charge in [0.25, 0.3) is 0 Å². The molecular weight excluding hydrogens is 360 g/mol. The van der Waals surface area contributed by atoms with Gasteiger partial charge in [0.1, 0.15) is 0 Å². The number of nitrogens with one attached hydrogen (secondary N) is 1. The van der Waals surface area contributed by atoms with Crippen LogP contribution in [0.2, 0.25) is 0 Å². The zero-order valence-corrected chi connectivity index (χ0v) is 16.5. The van der Waals surface area contributed by atoms with Crippen molar-refractivity contribution in [1.29, 1.82) is 0 Å². The van der Waals surface area contributed by atoms with Crippen LogP contribution in [0.25, 0.3) is 5.69 Å². The summed E-state index contributed by atoms with van der Waals surface area (Å²) in [5, 5.41) is 8.08. The molecule has 0 bridgehead atoms. The van der Waals surface area contributed by atoms with Crippen LogP contribution in [-0.2, 0) is 11.2 Å². The minimum absolute atomic E-state index is 0. The van der Waals surface area contributed by atoms with Gasteiger partial charge in [-0.2, -0.15) is 5.10 Å². The molecule has 0 unspecified atom stereocenters. The van der Waals surface area contributed by atoms with Crippen molar-refractivity contribution in [2.45, 2.75) is 44.6 Å². The van der Waals surface area contributed by atoms with E-state index in [-0.39, 0.29) is 18.3 Å². The molecule has 0 radical (unpaired) electrons. The first-order valence-corrected chi connectivity index (χ1v) is 9.88. The van der Waals surface area contributed by atoms with Crippen molar-refractivity contribution in [3.8, 4) is 5.69 Å². The van der Waals surface area contributed by atoms with E-state index in [4.69, 9.17) is 0 Å². The number of benzene rings is 1. The van der Waals surface area contributed by atoms with Crippen LogP contribution < -0.4 is 5.32 Å². The highest BCUT2D eigenvalue weighted by atomic mass is 35.5. The second-order valence-corrected chi connectivity index (χ2v) is 7.64. The Hall–Kier alpha value is -1.85. The van der Waals surface area contributed by atoms with Crippen molar-refractivity contribution < 1.29 is 4.79 Å². The highest BCUT2D eigenvalue weighted by molar-refractivity contribution is 5.85. The lowest BCUT2D eigenvalue weighted by Gasteiger charge is -2.32. The number of amides is 1. The summed E-state index contributed by atoms with van der Waals surface area (Å²) in [6.07, 6.45) is 10.2. The minimum atomic E-state index is 0. The van der Waals surface area contributed by atoms with E-state index >= 15 is 0 Å². The van der Waals surface area contributed by atoms with Gasteiger partial charge in [0, 0.05) is 31.7 Å². The number of rotatable bonds is 7. The maximum atomic E-state index is 12.5. The van der Waals surface area contributed by atoms with Crippen LogP contribution in [0, 0.1) is 5.92 Å². The molecule has 146 valence electrons. The van der Waals surface area contributed by atoms with Crippen molar-refractivity contribution in [2.24, 2.45) is 5.92 Å². The predicted molar refractivity (Wildman–Crippen MR) is 109 cm³/mol. The number of carbonyl (C=O) groups is 1. The number of para-hydroxylation sites is 1. The number of hydrogen-bond acceptors (Lipinski definition) is 3. The van der Waals surface area contributed by atoms with Crippen LogP contribution in [0.5, 0.6) is 0 Å². The van der Waals surface area contributed by atoms with Gasteiger partial charge in [-0.15, -0.1) is 12.4 Å². The molecule has 1 N–H and O–H groups in total. The average molecular weight is 389 g/mol. The summed E-state index contributed by atoms with van der Waals surface area (Å²) in [4.78, 5) is 14.5. The summed E-state index contributed by atoms with van der Waals surface area (Å²) in [5.41, 5.74) is 2.16. The summed E-state index contributed by atoms with van der Waals surface area (Å²) in [6.45, 7) is 2.96. The largest absolute Gasteiger partial charge is 0.343 e. The van der Waals surface area contributed by atoms with Crippen LogP contribution in [-0.4, -0.2) is 46.3 Å². The zero-order chi connectivity index (χ0) is 17.8. The monoisotopic (exact) mass is 388 g/mol. The van der Waals surface area contributed by atoms with E-state index in [1.165, 1.54) is 19.4 Å². The van der Waals surface area contributed by atoms with E-state index < -0.39 is 0 Å². The SMILES string of the molecule is Cl.O=C(CCc1cnn(-c2ccccc2)c1)N1CCC(NCC2CC2)CC1. The average Bonchev–Trinajstić information content (AvgIpc) is 3.41. The molecule has 1 amide bonds. The minimum Gasteiger partial charge on any atom is -0.343 e. The summed E-state index contributed by atoms with van der Waals surface area (Å²) in [7, 11) is 0. The highest BCUT2D eigenvalue weighted by Crippen LogP contribution is 2.28. The number of piperidine rings is 1. The van der Waals surface area contributed by atoms with Crippen molar-refractivity contribution in [3.63, 3.8) is 0 Å². The molecule has 1 saturated heterocycles. The second kappa shape index (κ2) is 9.38. The molecule has 1 aliphatic carbocycles. The van der Waals surface area contributed by atoms with E-state index in [1.54, 1.807) is 0 Å². The Morgan fingerprint density at radius 2 is 1.85 bits per heavy atom. The number of aryl methyl sites for hydroxylation is 1. The summed E-state index contributed by atoms with van der Waals surface area (Å²) in [5.74, 6) is 1.20. The number of carbonyl (C=O) groups excluding carboxylic acids is 1. The molecular formula is C21H29ClN4O. The van der Waals surface area contributed by atoms with E-state index in [0.29, 0.717) is 12.5 Å². The molecule has 1 aliphatic heterocycles. The molecule has 1 aromatic carbocycles. The molecule has 27 heavy (non-hydrogen) atoms. The van der Waals surface area contributed by atoms with Crippen LogP contribution >= 0.6 is 12.4 Å². The lowest BCUT2D eigenvalue weighted by molar-refractivity contribution is -0.132. The molecule has 0 atom stereocenters. The van der Waals surface area contributed by atoms with Gasteiger partial charge in [-0.1, -0.05) is 18.2 Å². The van der Waals surface area contributed by atoms with Gasteiger partial charge >= 0.3 is 0 Å². The van der Waals surface area contributed by atoms with Gasteiger partial charge in [0.15, 0.2) is 0 Å². The lowest BCUT2D eigenvalue weighted by atomic mass is 10.0. The molecule has 2 aliphatic rings. The smallest absolute Gasteiger partial charge is 0.222 e. The topological polar surface area (TPSA) is 50.2 Å². The molecule has 5 nitrogen and oxygen atoms in total. The van der Waals surface area contributed by atoms with Gasteiger partial charge in [-0.25, -0.2) is 4.68 Å². The Morgan fingerprint density at radius 1 is 1.11 bits per heavy atom. The van der Waals surface area contributed by atoms with Gasteiger partial charge in [-0.3, -0.25) is 4.79 Å². The first kappa shape index (κ1) is 19.9. The van der Waals surface area contributed by atoms with Crippen molar-refractivity contribution >= 4 is 18.3 Å². The van der Waals surface area contributed by atoms with Crippen molar-refractivity contribution in [1.82, 2.24) is 20.0 Å². The second-order valence-electron chi connectivity index (χ2n) is 7.64. The van der Waals surface area contributed by atoms with Crippen molar-refractivity contribution in [2.75, 3.05) is 19.6 Å². The van der Waals surface area contributed by atoms with Crippen LogP contribution in [0.15, 0.2) is 42.7 Å². The fourth-order valence-electron chi connectivity index (χ4n) is 3.61. The Kier molecular flexibility index (Phi) is 6.91. The summed E-state index contributed by atoms with van der Waals surface area (Å²) < 4.78 is 1.87. The van der Waals surface area contributed by atoms with E-state index in [0.717, 1.165) is 49.5 Å². The fourth-order valence-corrected chi connectivity index (χ4v) is 3.61. The molecule has 2 aromatic rings. The highest BCUT2D eigenvalue weighted by Gasteiger charge is 2.25. The number of aromatic nitrogens is 2. The Bertz CT molecular complexity index is 721. The van der Waals surface area contributed by atoms with Gasteiger partial charge < -0.3 is 10.2 Å². The third kappa shape index (κ3) is 5.56. The van der Waals surface area contributed by atoms with Crippen LogP contribution in [0.4, 0.5) is 0 Å². The molecule has 2 fully saturated rings. The predicted octanol–water partition coefficient (Wildman–Crippen LogP) is 3.22. The molecule has 1 aromatic heterocycles. The maximum absolute atomic E-state index is 12.5. The lowest BCUT2D eigenvalue weighted by Crippen LogP contribution is -2.45. The number of nitrogens with zero attached hydrogens (tertiary/aromatic N) is 3. The third-order valence-electron chi connectivity index (χ3n) is 5.52. The molecule has 4 rings (SSSR count). The van der Waals surface area contributed by atoms with Crippen LogP contribution in [0.1, 0.15) is 37.7 Å². The Labute approximate surface area is 167 Å². The van der Waals surface area contributed by atoms with Crippen molar-refractivity contribution in [3.05, 3.63) is 48.3 Å². The summed E-state index contributed by atoms with van der Waals surface area (Å²) in [6, 6.07) is 10.7. The third-order valence-corrected chi connectivity index (χ3v) is 5.52. The standard InChI is InChI=1S/C21H28N4O.ClH/c26-21(24-12-10-19(11-13-24)22-14-17-6-7-17)9-8-18-15-23-25(16-18)20-4-2-1-3-5-20;/h1-5,15-17,19,22H,6-14H2;1H. The summed E-state index contributed by atoms with van der Waals surface area (Å²) >= 11 is 0. The molecule has 6 heteroatoms. The number of likely N-dealkylation sites (tertiary alicyclic amines) is 1. The number of hydrogen-bond donors (Lipinski definition) is 1. The maximum Gasteiger partial charge on any atom is 0.222 e. The fraction of sp³-hybridized carbons (Fsp3) is 0.524. The van der Waals surface area contributed by atoms with Gasteiger partial charge in [-0.05, 0) is 62.3 Å². The molecule has 1 saturated carbocycles. The van der Waals surface area contributed by atoms with E-state index in [1.807, 2.05) is 52.3 Å². The Balaban J connectivity index is 0.00000210. The Morgan fingerprint density at radius 3 is 2.56 bits per heavy atom. The van der Waals surface area contributed by atoms with Gasteiger partial charge in [0.2, 0.25) is 5.91 Å². The zero-order valence-electron chi connectivity index (χ0n) is 15.7. The first-order chi connectivity index (χ1) is 12.8. The molecule has 2 heterocycles. The normalized spacial score (nSPS) is 17.6. The van der Waals surface area contributed by atoms with Gasteiger partial charge in [0.05, 0.1) is 11.9 Å². The first-order valence-electron chi connectivity index (χ1n) is 9.88.